The van der Waals surface area contributed by atoms with E-state index in [1.165, 1.54) is 18.7 Å². The normalized spacial score (nSPS) is 14.2. The maximum absolute atomic E-state index is 13.0. The predicted octanol–water partition coefficient (Wildman–Crippen LogP) is 2.38. The average Bonchev–Trinajstić information content (AvgIpc) is 2.72. The summed E-state index contributed by atoms with van der Waals surface area (Å²) in [5.41, 5.74) is 6.48. The van der Waals surface area contributed by atoms with E-state index in [0.717, 1.165) is 0 Å². The van der Waals surface area contributed by atoms with Crippen molar-refractivity contribution in [3.63, 3.8) is 0 Å². The van der Waals surface area contributed by atoms with Crippen molar-refractivity contribution in [2.45, 2.75) is 97.3 Å². The number of nitroso groups, excluding NO2 is 2. The molecule has 0 aliphatic rings. The molecule has 0 aliphatic heterocycles. The van der Waals surface area contributed by atoms with Crippen molar-refractivity contribution in [1.29, 1.82) is 0 Å². The molecule has 0 aromatic rings. The molecule has 0 saturated heterocycles. The van der Waals surface area contributed by atoms with Gasteiger partial charge >= 0.3 is 5.97 Å². The molecule has 0 rings (SSSR count). The number of carboxylic acids is 1. The maximum atomic E-state index is 13.0. The number of aliphatic carboxylic acids is 1. The Morgan fingerprint density at radius 2 is 1.65 bits per heavy atom. The van der Waals surface area contributed by atoms with E-state index in [9.17, 15) is 24.2 Å². The van der Waals surface area contributed by atoms with Crippen molar-refractivity contribution in [3.8, 4) is 0 Å². The average molecular weight is 488 g/mol. The SMILES string of the molecule is CC(C)(C)CC(N=O)C(C)(C)NOCCN(C(=O)[C@@H](N)CCC(=O)O)C(C)(C)C(=O)CCN=O. The van der Waals surface area contributed by atoms with E-state index in [1.54, 1.807) is 13.8 Å². The number of nitrogens with zero attached hydrogens (tertiary/aromatic N) is 3. The summed E-state index contributed by atoms with van der Waals surface area (Å²) in [6.45, 7) is 12.3. The van der Waals surface area contributed by atoms with Crippen LogP contribution >= 0.6 is 0 Å². The quantitative estimate of drug-likeness (QED) is 0.158. The lowest BCUT2D eigenvalue weighted by atomic mass is 9.81. The van der Waals surface area contributed by atoms with Crippen LogP contribution < -0.4 is 11.2 Å². The lowest BCUT2D eigenvalue weighted by Crippen LogP contribution is -2.59. The van der Waals surface area contributed by atoms with E-state index in [-0.39, 0.29) is 44.4 Å². The van der Waals surface area contributed by atoms with Crippen molar-refractivity contribution in [2.24, 2.45) is 21.5 Å². The molecule has 0 fully saturated rings. The summed E-state index contributed by atoms with van der Waals surface area (Å²) in [7, 11) is 0. The van der Waals surface area contributed by atoms with Crippen molar-refractivity contribution < 1.29 is 24.3 Å². The summed E-state index contributed by atoms with van der Waals surface area (Å²) in [5, 5.41) is 14.8. The number of hydroxylamine groups is 1. The Morgan fingerprint density at radius 3 is 2.12 bits per heavy atom. The van der Waals surface area contributed by atoms with Gasteiger partial charge in [0.15, 0.2) is 5.78 Å². The number of hydrogen-bond donors (Lipinski definition) is 3. The minimum absolute atomic E-state index is 0.0472. The van der Waals surface area contributed by atoms with Gasteiger partial charge in [0.25, 0.3) is 0 Å². The summed E-state index contributed by atoms with van der Waals surface area (Å²) in [4.78, 5) is 65.2. The van der Waals surface area contributed by atoms with Crippen LogP contribution in [-0.2, 0) is 19.2 Å². The standard InChI is InChI=1S/C22H41N5O7/c1-20(2,3)14-16(25-33)21(4,5)26-34-13-12-27(19(31)15(23)8-9-18(29)30)22(6,7)17(28)10-11-24-32/h15-16,26H,8-14,23H2,1-7H3,(H,29,30)/t15-,16?/m0/s1. The highest BCUT2D eigenvalue weighted by atomic mass is 16.6. The molecule has 2 atom stereocenters. The monoisotopic (exact) mass is 487 g/mol. The molecule has 4 N–H and O–H groups in total. The van der Waals surface area contributed by atoms with Crippen LogP contribution in [0.5, 0.6) is 0 Å². The van der Waals surface area contributed by atoms with Crippen LogP contribution in [0.3, 0.4) is 0 Å². The zero-order valence-electron chi connectivity index (χ0n) is 21.4. The third-order valence-corrected chi connectivity index (χ3v) is 5.56. The van der Waals surface area contributed by atoms with Gasteiger partial charge < -0.3 is 15.7 Å². The zero-order valence-corrected chi connectivity index (χ0v) is 21.4. The molecule has 34 heavy (non-hydrogen) atoms. The second-order valence-corrected chi connectivity index (χ2v) is 10.7. The Kier molecular flexibility index (Phi) is 12.6. The van der Waals surface area contributed by atoms with Gasteiger partial charge in [-0.3, -0.25) is 19.2 Å². The first-order valence-electron chi connectivity index (χ1n) is 11.3. The van der Waals surface area contributed by atoms with Crippen molar-refractivity contribution in [3.05, 3.63) is 9.81 Å². The molecule has 12 nitrogen and oxygen atoms in total. The summed E-state index contributed by atoms with van der Waals surface area (Å²) < 4.78 is 0. The second-order valence-electron chi connectivity index (χ2n) is 10.7. The molecule has 0 spiro atoms. The van der Waals surface area contributed by atoms with E-state index in [1.807, 2.05) is 20.8 Å². The van der Waals surface area contributed by atoms with Crippen LogP contribution in [-0.4, -0.2) is 70.5 Å². The van der Waals surface area contributed by atoms with Crippen LogP contribution in [0.25, 0.3) is 0 Å². The smallest absolute Gasteiger partial charge is 0.303 e. The highest BCUT2D eigenvalue weighted by Gasteiger charge is 2.39. The molecule has 12 heteroatoms. The third-order valence-electron chi connectivity index (χ3n) is 5.56. The fourth-order valence-electron chi connectivity index (χ4n) is 3.32. The Bertz CT molecular complexity index is 719. The number of Topliss-reactive ketones (excluding diaryl/α,β-unsaturated/α-hetero) is 1. The summed E-state index contributed by atoms with van der Waals surface area (Å²) in [6.07, 6.45) is -0.0355. The molecule has 1 amide bonds. The Labute approximate surface area is 201 Å². The van der Waals surface area contributed by atoms with Gasteiger partial charge in [-0.15, -0.1) is 0 Å². The molecule has 1 unspecified atom stereocenters. The molecule has 0 bridgehead atoms. The van der Waals surface area contributed by atoms with E-state index in [4.69, 9.17) is 15.7 Å². The summed E-state index contributed by atoms with van der Waals surface area (Å²) in [5.74, 6) is -2.10. The van der Waals surface area contributed by atoms with Crippen molar-refractivity contribution >= 4 is 17.7 Å². The van der Waals surface area contributed by atoms with Gasteiger partial charge in [-0.2, -0.15) is 15.3 Å². The molecule has 0 aliphatic carbocycles. The highest BCUT2D eigenvalue weighted by molar-refractivity contribution is 5.93. The fraction of sp³-hybridized carbons (Fsp3) is 0.864. The first-order valence-corrected chi connectivity index (χ1v) is 11.3. The molecule has 0 radical (unpaired) electrons. The van der Waals surface area contributed by atoms with Crippen molar-refractivity contribution in [2.75, 3.05) is 19.7 Å². The maximum Gasteiger partial charge on any atom is 0.303 e. The lowest BCUT2D eigenvalue weighted by molar-refractivity contribution is -0.148. The predicted molar refractivity (Wildman–Crippen MR) is 128 cm³/mol. The number of rotatable bonds is 17. The first kappa shape index (κ1) is 31.7. The number of nitrogens with one attached hydrogen (secondary N) is 1. The van der Waals surface area contributed by atoms with Crippen LogP contribution in [0.1, 0.15) is 74.1 Å². The van der Waals surface area contributed by atoms with Gasteiger partial charge in [0.2, 0.25) is 5.91 Å². The number of carbonyl (C=O) groups is 3. The van der Waals surface area contributed by atoms with Gasteiger partial charge in [0, 0.05) is 19.4 Å². The van der Waals surface area contributed by atoms with Gasteiger partial charge in [-0.05, 0) is 46.0 Å². The van der Waals surface area contributed by atoms with Crippen LogP contribution in [0.2, 0.25) is 0 Å². The van der Waals surface area contributed by atoms with E-state index < -0.39 is 40.8 Å². The Balaban J connectivity index is 5.41. The molecular weight excluding hydrogens is 446 g/mol. The molecule has 0 aromatic carbocycles. The van der Waals surface area contributed by atoms with E-state index in [2.05, 4.69) is 15.8 Å². The van der Waals surface area contributed by atoms with Crippen molar-refractivity contribution in [1.82, 2.24) is 10.4 Å². The molecule has 0 heterocycles. The fourth-order valence-corrected chi connectivity index (χ4v) is 3.32. The van der Waals surface area contributed by atoms with Crippen LogP contribution in [0.4, 0.5) is 0 Å². The lowest BCUT2D eigenvalue weighted by Gasteiger charge is -2.39. The number of hydrogen-bond acceptors (Lipinski definition) is 10. The van der Waals surface area contributed by atoms with Gasteiger partial charge in [-0.25, -0.2) is 0 Å². The van der Waals surface area contributed by atoms with Gasteiger partial charge in [0.05, 0.1) is 30.3 Å². The van der Waals surface area contributed by atoms with E-state index >= 15 is 0 Å². The van der Waals surface area contributed by atoms with Crippen LogP contribution in [0.15, 0.2) is 10.4 Å². The largest absolute Gasteiger partial charge is 0.481 e. The number of carbonyl (C=O) groups excluding carboxylic acids is 2. The topological polar surface area (TPSA) is 181 Å². The molecular formula is C22H41N5O7. The Hall–Kier alpha value is -2.31. The first-order chi connectivity index (χ1) is 15.5. The number of nitrogens with two attached hydrogens (primary N) is 1. The minimum atomic E-state index is -1.33. The minimum Gasteiger partial charge on any atom is -0.481 e. The second kappa shape index (κ2) is 13.5. The molecule has 0 saturated carbocycles. The summed E-state index contributed by atoms with van der Waals surface area (Å²) >= 11 is 0. The molecule has 0 aromatic heterocycles. The number of ketones is 1. The van der Waals surface area contributed by atoms with Crippen LogP contribution in [0, 0.1) is 15.2 Å². The number of carboxylic acid groups (broad SMARTS) is 1. The summed E-state index contributed by atoms with van der Waals surface area (Å²) in [6, 6.07) is -1.71. The molecule has 196 valence electrons. The zero-order chi connectivity index (χ0) is 26.7. The number of amides is 1. The van der Waals surface area contributed by atoms with Gasteiger partial charge in [0.1, 0.15) is 6.04 Å². The van der Waals surface area contributed by atoms with E-state index in [0.29, 0.717) is 6.42 Å². The highest BCUT2D eigenvalue weighted by Crippen LogP contribution is 2.28. The Morgan fingerprint density at radius 1 is 1.06 bits per heavy atom. The third kappa shape index (κ3) is 10.7. The van der Waals surface area contributed by atoms with Gasteiger partial charge in [-0.1, -0.05) is 31.1 Å².